The molecule has 0 spiro atoms. The van der Waals surface area contributed by atoms with Crippen LogP contribution >= 0.6 is 0 Å². The second-order valence-corrected chi connectivity index (χ2v) is 8.23. The van der Waals surface area contributed by atoms with E-state index in [2.05, 4.69) is 104 Å². The zero-order valence-electron chi connectivity index (χ0n) is 17.4. The molecule has 4 aromatic carbocycles. The molecule has 0 saturated carbocycles. The molecule has 0 aliphatic heterocycles. The largest absolute Gasteiger partial charge is 0.454 e. The number of aromatic nitrogens is 1. The Labute approximate surface area is 175 Å². The minimum atomic E-state index is 0.965. The third-order valence-electron chi connectivity index (χ3n) is 6.29. The maximum absolute atomic E-state index is 6.72. The normalized spacial score (nSPS) is 11.8. The molecule has 2 aromatic heterocycles. The molecule has 0 amide bonds. The van der Waals surface area contributed by atoms with E-state index in [0.717, 1.165) is 11.2 Å². The standard InChI is InChI=1S/C28H22NO/c1-17-14-15-29(3)24(16-17)25-18(2)12-13-23-26-21-10-6-4-8-19(21)20-9-5-7-11-22(20)27(26)30-28(23)25/h4-16H,1-3H3/q+1. The number of fused-ring (bicyclic) bond motifs is 8. The molecule has 2 nitrogen and oxygen atoms in total. The molecule has 30 heavy (non-hydrogen) atoms. The fraction of sp³-hybridized carbons (Fsp3) is 0.107. The second-order valence-electron chi connectivity index (χ2n) is 8.23. The van der Waals surface area contributed by atoms with Crippen molar-refractivity contribution in [3.05, 3.63) is 90.1 Å². The number of hydrogen-bond acceptors (Lipinski definition) is 1. The van der Waals surface area contributed by atoms with Gasteiger partial charge in [0.15, 0.2) is 6.20 Å². The smallest absolute Gasteiger partial charge is 0.216 e. The number of hydrogen-bond donors (Lipinski definition) is 0. The van der Waals surface area contributed by atoms with Gasteiger partial charge in [-0.1, -0.05) is 60.7 Å². The number of pyridine rings is 1. The van der Waals surface area contributed by atoms with Crippen LogP contribution < -0.4 is 4.57 Å². The molecule has 0 aliphatic rings. The lowest BCUT2D eigenvalue weighted by atomic mass is 9.95. The van der Waals surface area contributed by atoms with Crippen LogP contribution in [0.15, 0.2) is 83.4 Å². The van der Waals surface area contributed by atoms with Crippen molar-refractivity contribution in [2.24, 2.45) is 7.05 Å². The predicted molar refractivity (Wildman–Crippen MR) is 125 cm³/mol. The van der Waals surface area contributed by atoms with Gasteiger partial charge in [-0.3, -0.25) is 0 Å². The molecule has 0 fully saturated rings. The van der Waals surface area contributed by atoms with Crippen LogP contribution in [0, 0.1) is 13.8 Å². The van der Waals surface area contributed by atoms with Crippen LogP contribution in [0.25, 0.3) is 54.7 Å². The first-order valence-electron chi connectivity index (χ1n) is 10.4. The molecule has 0 atom stereocenters. The zero-order valence-corrected chi connectivity index (χ0v) is 17.4. The molecule has 6 aromatic rings. The van der Waals surface area contributed by atoms with E-state index in [9.17, 15) is 0 Å². The van der Waals surface area contributed by atoms with E-state index in [4.69, 9.17) is 4.42 Å². The minimum absolute atomic E-state index is 0.965. The molecule has 2 heterocycles. The van der Waals surface area contributed by atoms with Crippen molar-refractivity contribution in [1.82, 2.24) is 0 Å². The van der Waals surface area contributed by atoms with E-state index in [1.165, 1.54) is 54.7 Å². The molecule has 0 unspecified atom stereocenters. The van der Waals surface area contributed by atoms with Crippen LogP contribution in [0.4, 0.5) is 0 Å². The number of nitrogens with zero attached hydrogens (tertiary/aromatic N) is 1. The Morgan fingerprint density at radius 3 is 2.10 bits per heavy atom. The van der Waals surface area contributed by atoms with Gasteiger partial charge in [-0.25, -0.2) is 4.57 Å². The SMILES string of the molecule is Cc1cc[n+](C)c(-c2c(C)ccc3c2oc2c4ccccc4c4ccccc4c32)c1. The summed E-state index contributed by atoms with van der Waals surface area (Å²) in [5.41, 5.74) is 6.74. The Kier molecular flexibility index (Phi) is 3.54. The minimum Gasteiger partial charge on any atom is -0.454 e. The summed E-state index contributed by atoms with van der Waals surface area (Å²) in [4.78, 5) is 0. The van der Waals surface area contributed by atoms with E-state index in [1.54, 1.807) is 0 Å². The average molecular weight is 388 g/mol. The summed E-state index contributed by atoms with van der Waals surface area (Å²) in [6.45, 7) is 4.30. The van der Waals surface area contributed by atoms with Gasteiger partial charge in [0.2, 0.25) is 5.69 Å². The first-order valence-corrected chi connectivity index (χ1v) is 10.4. The van der Waals surface area contributed by atoms with Crippen LogP contribution in [-0.4, -0.2) is 0 Å². The molecule has 144 valence electrons. The van der Waals surface area contributed by atoms with Gasteiger partial charge in [0, 0.05) is 28.3 Å². The lowest BCUT2D eigenvalue weighted by Gasteiger charge is -2.06. The number of rotatable bonds is 1. The van der Waals surface area contributed by atoms with E-state index in [0.29, 0.717) is 0 Å². The van der Waals surface area contributed by atoms with E-state index < -0.39 is 0 Å². The van der Waals surface area contributed by atoms with Crippen molar-refractivity contribution in [2.75, 3.05) is 0 Å². The maximum Gasteiger partial charge on any atom is 0.216 e. The Balaban J connectivity index is 1.89. The Morgan fingerprint density at radius 1 is 0.667 bits per heavy atom. The third kappa shape index (κ3) is 2.28. The molecule has 0 aliphatic carbocycles. The summed E-state index contributed by atoms with van der Waals surface area (Å²) < 4.78 is 8.90. The Hall–Kier alpha value is -3.65. The molecular formula is C28H22NO+. The molecular weight excluding hydrogens is 366 g/mol. The second kappa shape index (κ2) is 6.17. The highest BCUT2D eigenvalue weighted by Gasteiger charge is 2.22. The molecule has 2 heteroatoms. The highest BCUT2D eigenvalue weighted by atomic mass is 16.3. The lowest BCUT2D eigenvalue weighted by molar-refractivity contribution is -0.660. The van der Waals surface area contributed by atoms with E-state index in [-0.39, 0.29) is 0 Å². The summed E-state index contributed by atoms with van der Waals surface area (Å²) in [6.07, 6.45) is 2.12. The fourth-order valence-electron chi connectivity index (χ4n) is 4.81. The summed E-state index contributed by atoms with van der Waals surface area (Å²) in [5, 5.41) is 7.29. The first kappa shape index (κ1) is 17.2. The van der Waals surface area contributed by atoms with Gasteiger partial charge in [0.05, 0.1) is 5.56 Å². The molecule has 0 bridgehead atoms. The van der Waals surface area contributed by atoms with Gasteiger partial charge >= 0.3 is 0 Å². The summed E-state index contributed by atoms with van der Waals surface area (Å²) >= 11 is 0. The molecule has 0 saturated heterocycles. The van der Waals surface area contributed by atoms with Gasteiger partial charge < -0.3 is 4.42 Å². The zero-order chi connectivity index (χ0) is 20.4. The highest BCUT2D eigenvalue weighted by Crippen LogP contribution is 2.43. The Bertz CT molecular complexity index is 1620. The maximum atomic E-state index is 6.72. The van der Waals surface area contributed by atoms with E-state index in [1.807, 2.05) is 0 Å². The first-order chi connectivity index (χ1) is 14.6. The van der Waals surface area contributed by atoms with Crippen LogP contribution in [0.2, 0.25) is 0 Å². The van der Waals surface area contributed by atoms with E-state index >= 15 is 0 Å². The Morgan fingerprint density at radius 2 is 1.33 bits per heavy atom. The van der Waals surface area contributed by atoms with Gasteiger partial charge in [0.1, 0.15) is 18.2 Å². The molecule has 6 rings (SSSR count). The van der Waals surface area contributed by atoms with Crippen molar-refractivity contribution in [3.63, 3.8) is 0 Å². The lowest BCUT2D eigenvalue weighted by Crippen LogP contribution is -2.30. The van der Waals surface area contributed by atoms with Crippen molar-refractivity contribution in [1.29, 1.82) is 0 Å². The van der Waals surface area contributed by atoms with Gasteiger partial charge in [-0.2, -0.15) is 0 Å². The summed E-state index contributed by atoms with van der Waals surface area (Å²) in [7, 11) is 2.10. The quantitative estimate of drug-likeness (QED) is 0.219. The number of furan rings is 1. The molecule has 0 N–H and O–H groups in total. The fourth-order valence-corrected chi connectivity index (χ4v) is 4.81. The van der Waals surface area contributed by atoms with Crippen LogP contribution in [-0.2, 0) is 7.05 Å². The molecule has 0 radical (unpaired) electrons. The van der Waals surface area contributed by atoms with Gasteiger partial charge in [-0.15, -0.1) is 0 Å². The highest BCUT2D eigenvalue weighted by molar-refractivity contribution is 6.30. The number of aryl methyl sites for hydroxylation is 3. The van der Waals surface area contributed by atoms with Crippen molar-refractivity contribution in [2.45, 2.75) is 13.8 Å². The van der Waals surface area contributed by atoms with Crippen molar-refractivity contribution >= 4 is 43.5 Å². The topological polar surface area (TPSA) is 17.0 Å². The van der Waals surface area contributed by atoms with Gasteiger partial charge in [-0.05, 0) is 41.1 Å². The van der Waals surface area contributed by atoms with Crippen molar-refractivity contribution < 1.29 is 8.98 Å². The van der Waals surface area contributed by atoms with Crippen molar-refractivity contribution in [3.8, 4) is 11.3 Å². The third-order valence-corrected chi connectivity index (χ3v) is 6.29. The average Bonchev–Trinajstić information content (AvgIpc) is 3.16. The van der Waals surface area contributed by atoms with Crippen LogP contribution in [0.3, 0.4) is 0 Å². The van der Waals surface area contributed by atoms with Crippen LogP contribution in [0.1, 0.15) is 11.1 Å². The number of benzene rings is 4. The van der Waals surface area contributed by atoms with Gasteiger partial charge in [0.25, 0.3) is 0 Å². The summed E-state index contributed by atoms with van der Waals surface area (Å²) in [6, 6.07) is 26.0. The summed E-state index contributed by atoms with van der Waals surface area (Å²) in [5.74, 6) is 0. The van der Waals surface area contributed by atoms with Crippen LogP contribution in [0.5, 0.6) is 0 Å². The predicted octanol–water partition coefficient (Wildman–Crippen LogP) is 7.00. The monoisotopic (exact) mass is 388 g/mol.